The number of carbonyl (C=O) groups is 1. The van der Waals surface area contributed by atoms with Crippen molar-refractivity contribution in [2.24, 2.45) is 0 Å². The Morgan fingerprint density at radius 1 is 1.00 bits per heavy atom. The zero-order valence-electron chi connectivity index (χ0n) is 13.6. The normalized spacial score (nSPS) is 10.5. The van der Waals surface area contributed by atoms with E-state index in [2.05, 4.69) is 20.4 Å². The Labute approximate surface area is 139 Å². The molecular formula is C17H17N5O2. The maximum atomic E-state index is 12.1. The highest BCUT2D eigenvalue weighted by atomic mass is 16.6. The van der Waals surface area contributed by atoms with Gasteiger partial charge in [0.05, 0.1) is 5.69 Å². The van der Waals surface area contributed by atoms with Crippen LogP contribution < -0.4 is 10.1 Å². The first-order valence-corrected chi connectivity index (χ1v) is 7.44. The predicted octanol–water partition coefficient (Wildman–Crippen LogP) is 3.20. The maximum Gasteiger partial charge on any atom is 0.418 e. The average Bonchev–Trinajstić information content (AvgIpc) is 2.87. The molecule has 0 saturated heterocycles. The molecule has 0 radical (unpaired) electrons. The van der Waals surface area contributed by atoms with Gasteiger partial charge in [-0.25, -0.2) is 14.8 Å². The van der Waals surface area contributed by atoms with E-state index in [0.717, 1.165) is 11.4 Å². The van der Waals surface area contributed by atoms with E-state index >= 15 is 0 Å². The van der Waals surface area contributed by atoms with Gasteiger partial charge in [-0.15, -0.1) is 0 Å². The summed E-state index contributed by atoms with van der Waals surface area (Å²) in [6, 6.07) is 12.6. The first-order chi connectivity index (χ1) is 11.5. The molecule has 0 fully saturated rings. The van der Waals surface area contributed by atoms with Crippen molar-refractivity contribution in [3.8, 4) is 11.8 Å². The number of amides is 1. The molecule has 1 N–H and O–H groups in total. The fourth-order valence-corrected chi connectivity index (χ4v) is 2.25. The molecule has 1 amide bonds. The quantitative estimate of drug-likeness (QED) is 0.800. The summed E-state index contributed by atoms with van der Waals surface area (Å²) in [7, 11) is 0. The number of para-hydroxylation sites is 1. The van der Waals surface area contributed by atoms with Gasteiger partial charge in [0, 0.05) is 23.1 Å². The van der Waals surface area contributed by atoms with Crippen LogP contribution in [-0.2, 0) is 0 Å². The van der Waals surface area contributed by atoms with E-state index in [9.17, 15) is 4.79 Å². The topological polar surface area (TPSA) is 81.9 Å². The second-order valence-corrected chi connectivity index (χ2v) is 5.37. The van der Waals surface area contributed by atoms with Gasteiger partial charge in [0.25, 0.3) is 5.95 Å². The molecule has 7 heteroatoms. The van der Waals surface area contributed by atoms with Gasteiger partial charge in [-0.3, -0.25) is 5.32 Å². The van der Waals surface area contributed by atoms with Crippen molar-refractivity contribution in [3.63, 3.8) is 0 Å². The number of nitrogens with zero attached hydrogens (tertiary/aromatic N) is 4. The second-order valence-electron chi connectivity index (χ2n) is 5.37. The van der Waals surface area contributed by atoms with Crippen LogP contribution in [0.15, 0.2) is 42.5 Å². The monoisotopic (exact) mass is 323 g/mol. The van der Waals surface area contributed by atoms with E-state index in [0.29, 0.717) is 17.3 Å². The second kappa shape index (κ2) is 6.49. The van der Waals surface area contributed by atoms with Gasteiger partial charge >= 0.3 is 6.09 Å². The van der Waals surface area contributed by atoms with Crippen LogP contribution in [0.5, 0.6) is 5.88 Å². The number of anilines is 1. The average molecular weight is 323 g/mol. The molecule has 0 atom stereocenters. The standard InChI is InChI=1S/C17H17N5O2/c1-11-9-12(2)19-16(18-11)22-15(10-13(3)21-22)24-17(23)20-14-7-5-4-6-8-14/h4-10H,1-3H3,(H,20,23). The molecule has 0 unspecified atom stereocenters. The SMILES string of the molecule is Cc1cc(C)nc(-n2nc(C)cc2OC(=O)Nc2ccccc2)n1. The minimum Gasteiger partial charge on any atom is -0.391 e. The zero-order chi connectivity index (χ0) is 17.1. The van der Waals surface area contributed by atoms with Crippen LogP contribution in [0.3, 0.4) is 0 Å². The number of aromatic nitrogens is 4. The number of carbonyl (C=O) groups excluding carboxylic acids is 1. The summed E-state index contributed by atoms with van der Waals surface area (Å²) in [5.74, 6) is 0.619. The molecule has 3 aromatic rings. The van der Waals surface area contributed by atoms with Gasteiger partial charge in [-0.05, 0) is 39.0 Å². The fourth-order valence-electron chi connectivity index (χ4n) is 2.25. The molecule has 0 aliphatic carbocycles. The molecule has 0 saturated carbocycles. The molecule has 3 rings (SSSR count). The summed E-state index contributed by atoms with van der Waals surface area (Å²) in [4.78, 5) is 20.8. The van der Waals surface area contributed by atoms with Crippen molar-refractivity contribution in [2.45, 2.75) is 20.8 Å². The number of benzene rings is 1. The summed E-state index contributed by atoms with van der Waals surface area (Å²) >= 11 is 0. The van der Waals surface area contributed by atoms with Gasteiger partial charge < -0.3 is 4.74 Å². The highest BCUT2D eigenvalue weighted by Crippen LogP contribution is 2.18. The maximum absolute atomic E-state index is 12.1. The predicted molar refractivity (Wildman–Crippen MR) is 89.5 cm³/mol. The van der Waals surface area contributed by atoms with Crippen molar-refractivity contribution in [1.29, 1.82) is 0 Å². The van der Waals surface area contributed by atoms with Crippen molar-refractivity contribution < 1.29 is 9.53 Å². The highest BCUT2D eigenvalue weighted by Gasteiger charge is 2.15. The largest absolute Gasteiger partial charge is 0.418 e. The molecule has 122 valence electrons. The number of nitrogens with one attached hydrogen (secondary N) is 1. The van der Waals surface area contributed by atoms with Gasteiger partial charge in [-0.1, -0.05) is 18.2 Å². The van der Waals surface area contributed by atoms with Gasteiger partial charge in [-0.2, -0.15) is 9.78 Å². The number of rotatable bonds is 3. The van der Waals surface area contributed by atoms with Crippen LogP contribution in [0.1, 0.15) is 17.1 Å². The number of aryl methyl sites for hydroxylation is 3. The minimum absolute atomic E-state index is 0.255. The first-order valence-electron chi connectivity index (χ1n) is 7.44. The van der Waals surface area contributed by atoms with Crippen LogP contribution >= 0.6 is 0 Å². The van der Waals surface area contributed by atoms with Crippen LogP contribution in [0.2, 0.25) is 0 Å². The molecule has 2 aromatic heterocycles. The van der Waals surface area contributed by atoms with Crippen LogP contribution in [-0.4, -0.2) is 25.8 Å². The molecule has 0 spiro atoms. The van der Waals surface area contributed by atoms with E-state index in [1.807, 2.05) is 38.1 Å². The van der Waals surface area contributed by atoms with E-state index in [-0.39, 0.29) is 5.88 Å². The Hall–Kier alpha value is -3.22. The summed E-state index contributed by atoms with van der Waals surface area (Å²) in [5.41, 5.74) is 2.96. The van der Waals surface area contributed by atoms with Gasteiger partial charge in [0.1, 0.15) is 0 Å². The molecule has 2 heterocycles. The van der Waals surface area contributed by atoms with E-state index in [1.165, 1.54) is 4.68 Å². The Bertz CT molecular complexity index is 854. The number of hydrogen-bond donors (Lipinski definition) is 1. The van der Waals surface area contributed by atoms with Gasteiger partial charge in [0.15, 0.2) is 0 Å². The molecule has 7 nitrogen and oxygen atoms in total. The molecule has 24 heavy (non-hydrogen) atoms. The summed E-state index contributed by atoms with van der Waals surface area (Å²) in [5, 5.41) is 6.97. The van der Waals surface area contributed by atoms with E-state index in [4.69, 9.17) is 4.74 Å². The zero-order valence-corrected chi connectivity index (χ0v) is 13.6. The molecule has 0 bridgehead atoms. The lowest BCUT2D eigenvalue weighted by Crippen LogP contribution is -2.19. The Morgan fingerprint density at radius 3 is 2.33 bits per heavy atom. The Morgan fingerprint density at radius 2 is 1.67 bits per heavy atom. The minimum atomic E-state index is -0.605. The summed E-state index contributed by atoms with van der Waals surface area (Å²) in [6.45, 7) is 5.55. The first kappa shape index (κ1) is 15.7. The number of hydrogen-bond acceptors (Lipinski definition) is 5. The van der Waals surface area contributed by atoms with Crippen molar-refractivity contribution >= 4 is 11.8 Å². The third kappa shape index (κ3) is 3.57. The smallest absolute Gasteiger partial charge is 0.391 e. The summed E-state index contributed by atoms with van der Waals surface area (Å²) < 4.78 is 6.79. The van der Waals surface area contributed by atoms with Crippen molar-refractivity contribution in [1.82, 2.24) is 19.7 Å². The summed E-state index contributed by atoms with van der Waals surface area (Å²) in [6.07, 6.45) is -0.605. The molecule has 0 aliphatic heterocycles. The lowest BCUT2D eigenvalue weighted by Gasteiger charge is -2.08. The lowest BCUT2D eigenvalue weighted by molar-refractivity contribution is 0.212. The molecule has 0 aliphatic rings. The lowest BCUT2D eigenvalue weighted by atomic mass is 10.3. The number of ether oxygens (including phenoxy) is 1. The van der Waals surface area contributed by atoms with Crippen LogP contribution in [0, 0.1) is 20.8 Å². The third-order valence-electron chi connectivity index (χ3n) is 3.18. The third-order valence-corrected chi connectivity index (χ3v) is 3.18. The van der Waals surface area contributed by atoms with E-state index in [1.54, 1.807) is 25.1 Å². The van der Waals surface area contributed by atoms with Crippen molar-refractivity contribution in [3.05, 3.63) is 59.5 Å². The van der Waals surface area contributed by atoms with E-state index < -0.39 is 6.09 Å². The Balaban J connectivity index is 1.85. The van der Waals surface area contributed by atoms with Crippen LogP contribution in [0.25, 0.3) is 5.95 Å². The molecule has 1 aromatic carbocycles. The van der Waals surface area contributed by atoms with Crippen LogP contribution in [0.4, 0.5) is 10.5 Å². The van der Waals surface area contributed by atoms with Crippen molar-refractivity contribution in [2.75, 3.05) is 5.32 Å². The molecular weight excluding hydrogens is 306 g/mol. The fraction of sp³-hybridized carbons (Fsp3) is 0.176. The Kier molecular flexibility index (Phi) is 4.24. The van der Waals surface area contributed by atoms with Gasteiger partial charge in [0.2, 0.25) is 5.88 Å². The highest BCUT2D eigenvalue weighted by molar-refractivity contribution is 5.86.